The van der Waals surface area contributed by atoms with Crippen LogP contribution in [0, 0.1) is 0 Å². The fraction of sp³-hybridized carbons (Fsp3) is 0.360. The number of carbonyl (C=O) groups excluding carboxylic acids is 1. The second kappa shape index (κ2) is 10.5. The van der Waals surface area contributed by atoms with Gasteiger partial charge in [0, 0.05) is 29.2 Å². The molecule has 1 atom stereocenters. The predicted octanol–water partition coefficient (Wildman–Crippen LogP) is 3.86. The van der Waals surface area contributed by atoms with Crippen LogP contribution in [0.2, 0.25) is 0 Å². The molecule has 11 heteroatoms. The molecule has 5 rings (SSSR count). The van der Waals surface area contributed by atoms with Gasteiger partial charge in [-0.25, -0.2) is 9.89 Å². The molecule has 0 bridgehead atoms. The summed E-state index contributed by atoms with van der Waals surface area (Å²) in [6.45, 7) is 0.738. The minimum atomic E-state index is -5.08. The quantitative estimate of drug-likeness (QED) is 0.499. The lowest BCUT2D eigenvalue weighted by atomic mass is 10.0. The molecule has 0 radical (unpaired) electrons. The topological polar surface area (TPSA) is 115 Å². The molecule has 3 aromatic rings. The molecular formula is C25H25F3N4O4. The van der Waals surface area contributed by atoms with Crippen molar-refractivity contribution in [3.05, 3.63) is 58.9 Å². The minimum Gasteiger partial charge on any atom is -0.475 e. The van der Waals surface area contributed by atoms with Crippen LogP contribution < -0.4 is 15.8 Å². The van der Waals surface area contributed by atoms with Gasteiger partial charge in [-0.3, -0.25) is 9.59 Å². The summed E-state index contributed by atoms with van der Waals surface area (Å²) in [6, 6.07) is 15.7. The number of aliphatic carboxylic acids is 1. The number of carbonyl (C=O) groups is 2. The molecule has 2 aliphatic rings. The first-order chi connectivity index (χ1) is 17.1. The Labute approximate surface area is 204 Å². The van der Waals surface area contributed by atoms with Crippen LogP contribution >= 0.6 is 0 Å². The number of aromatic amines is 1. The first kappa shape index (κ1) is 25.4. The second-order valence-electron chi connectivity index (χ2n) is 8.78. The first-order valence-corrected chi connectivity index (χ1v) is 11.6. The number of benzene rings is 2. The number of hydrogen-bond donors (Lipinski definition) is 3. The zero-order chi connectivity index (χ0) is 25.9. The Bertz CT molecular complexity index is 1300. The lowest BCUT2D eigenvalue weighted by Gasteiger charge is -2.20. The van der Waals surface area contributed by atoms with E-state index in [4.69, 9.17) is 9.90 Å². The first-order valence-electron chi connectivity index (χ1n) is 11.6. The molecule has 2 heterocycles. The number of aromatic nitrogens is 2. The number of rotatable bonds is 4. The highest BCUT2D eigenvalue weighted by Crippen LogP contribution is 2.29. The summed E-state index contributed by atoms with van der Waals surface area (Å²) in [5, 5.41) is 19.0. The number of anilines is 1. The van der Waals surface area contributed by atoms with E-state index in [0.717, 1.165) is 35.3 Å². The normalized spacial score (nSPS) is 18.4. The van der Waals surface area contributed by atoms with Gasteiger partial charge in [0.15, 0.2) is 0 Å². The van der Waals surface area contributed by atoms with Crippen molar-refractivity contribution >= 4 is 28.3 Å². The van der Waals surface area contributed by atoms with E-state index in [2.05, 4.69) is 15.5 Å². The molecule has 190 valence electrons. The Kier molecular flexibility index (Phi) is 7.39. The summed E-state index contributed by atoms with van der Waals surface area (Å²) in [5.41, 5.74) is 2.36. The van der Waals surface area contributed by atoms with Crippen molar-refractivity contribution < 1.29 is 27.9 Å². The Morgan fingerprint density at radius 3 is 2.22 bits per heavy atom. The number of fused-ring (bicyclic) bond motifs is 1. The number of halogens is 3. The maximum Gasteiger partial charge on any atom is 0.490 e. The van der Waals surface area contributed by atoms with Crippen molar-refractivity contribution in [3.63, 3.8) is 0 Å². The van der Waals surface area contributed by atoms with Crippen LogP contribution in [0.1, 0.15) is 32.1 Å². The van der Waals surface area contributed by atoms with E-state index >= 15 is 0 Å². The second-order valence-corrected chi connectivity index (χ2v) is 8.78. The lowest BCUT2D eigenvalue weighted by Crippen LogP contribution is -2.42. The zero-order valence-electron chi connectivity index (χ0n) is 19.2. The molecule has 1 aliphatic carbocycles. The highest BCUT2D eigenvalue weighted by atomic mass is 19.4. The molecular weight excluding hydrogens is 477 g/mol. The molecule has 3 N–H and O–H groups in total. The number of alkyl halides is 3. The van der Waals surface area contributed by atoms with Crippen molar-refractivity contribution in [3.8, 4) is 11.3 Å². The Balaban J connectivity index is 0.000000384. The molecule has 8 nitrogen and oxygen atoms in total. The summed E-state index contributed by atoms with van der Waals surface area (Å²) >= 11 is 0. The third-order valence-electron chi connectivity index (χ3n) is 6.39. The number of hydrogen-bond acceptors (Lipinski definition) is 5. The molecule has 2 aromatic carbocycles. The SMILES string of the molecule is O=C(O)C(F)(F)F.O=C1C(NC2CCCC2)CCN1c1ccc(-c2n[nH]c(=O)c3ccccc23)cc1. The Hall–Kier alpha value is -3.73. The molecule has 36 heavy (non-hydrogen) atoms. The van der Waals surface area contributed by atoms with Crippen LogP contribution in [0.25, 0.3) is 22.0 Å². The van der Waals surface area contributed by atoms with Crippen molar-refractivity contribution in [2.24, 2.45) is 0 Å². The van der Waals surface area contributed by atoms with E-state index in [0.29, 0.717) is 11.4 Å². The predicted molar refractivity (Wildman–Crippen MR) is 128 cm³/mol. The van der Waals surface area contributed by atoms with E-state index in [1.165, 1.54) is 25.7 Å². The Morgan fingerprint density at radius 1 is 1.00 bits per heavy atom. The van der Waals surface area contributed by atoms with Gasteiger partial charge < -0.3 is 15.3 Å². The van der Waals surface area contributed by atoms with Crippen LogP contribution in [0.4, 0.5) is 18.9 Å². The standard InChI is InChI=1S/C23H24N4O2.C2HF3O2/c28-22-19-8-4-3-7-18(19)21(25-26-22)15-9-11-17(12-10-15)27-14-13-20(23(27)29)24-16-5-1-2-6-16;3-2(4,5)1(6)7/h3-4,7-12,16,20,24H,1-2,5-6,13-14H2,(H,26,28);(H,6,7). The third kappa shape index (κ3) is 5.56. The van der Waals surface area contributed by atoms with Crippen LogP contribution in [0.3, 0.4) is 0 Å². The van der Waals surface area contributed by atoms with Gasteiger partial charge >= 0.3 is 12.1 Å². The number of nitrogens with zero attached hydrogens (tertiary/aromatic N) is 2. The highest BCUT2D eigenvalue weighted by molar-refractivity contribution is 6.00. The van der Waals surface area contributed by atoms with Crippen molar-refractivity contribution in [2.45, 2.75) is 50.4 Å². The van der Waals surface area contributed by atoms with Crippen molar-refractivity contribution in [1.82, 2.24) is 15.5 Å². The van der Waals surface area contributed by atoms with Gasteiger partial charge in [-0.1, -0.05) is 43.2 Å². The van der Waals surface area contributed by atoms with Crippen LogP contribution in [-0.2, 0) is 9.59 Å². The summed E-state index contributed by atoms with van der Waals surface area (Å²) < 4.78 is 31.7. The monoisotopic (exact) mass is 502 g/mol. The van der Waals surface area contributed by atoms with Gasteiger partial charge in [0.05, 0.1) is 17.1 Å². The molecule has 1 aliphatic heterocycles. The van der Waals surface area contributed by atoms with Crippen LogP contribution in [-0.4, -0.2) is 52.0 Å². The van der Waals surface area contributed by atoms with Gasteiger partial charge in [0.2, 0.25) is 5.91 Å². The minimum absolute atomic E-state index is 0.0671. The van der Waals surface area contributed by atoms with Crippen LogP contribution in [0.5, 0.6) is 0 Å². The number of carboxylic acids is 1. The largest absolute Gasteiger partial charge is 0.490 e. The van der Waals surface area contributed by atoms with Gasteiger partial charge in [0.25, 0.3) is 5.56 Å². The van der Waals surface area contributed by atoms with Crippen molar-refractivity contribution in [2.75, 3.05) is 11.4 Å². The summed E-state index contributed by atoms with van der Waals surface area (Å²) in [5.74, 6) is -2.59. The molecule has 1 aromatic heterocycles. The number of H-pyrrole nitrogens is 1. The third-order valence-corrected chi connectivity index (χ3v) is 6.39. The number of amides is 1. The molecule has 2 fully saturated rings. The molecule has 1 unspecified atom stereocenters. The van der Waals surface area contributed by atoms with E-state index in [1.54, 1.807) is 6.07 Å². The summed E-state index contributed by atoms with van der Waals surface area (Å²) in [4.78, 5) is 35.7. The van der Waals surface area contributed by atoms with Gasteiger partial charge in [-0.05, 0) is 37.5 Å². The van der Waals surface area contributed by atoms with Crippen LogP contribution in [0.15, 0.2) is 53.3 Å². The Morgan fingerprint density at radius 2 is 1.61 bits per heavy atom. The molecule has 1 saturated carbocycles. The lowest BCUT2D eigenvalue weighted by molar-refractivity contribution is -0.192. The van der Waals surface area contributed by atoms with Gasteiger partial charge in [-0.2, -0.15) is 18.3 Å². The van der Waals surface area contributed by atoms with Gasteiger partial charge in [0.1, 0.15) is 0 Å². The maximum atomic E-state index is 12.9. The smallest absolute Gasteiger partial charge is 0.475 e. The summed E-state index contributed by atoms with van der Waals surface area (Å²) in [7, 11) is 0. The van der Waals surface area contributed by atoms with E-state index in [9.17, 15) is 22.8 Å². The van der Waals surface area contributed by atoms with E-state index < -0.39 is 12.1 Å². The average molecular weight is 502 g/mol. The highest BCUT2D eigenvalue weighted by Gasteiger charge is 2.38. The summed E-state index contributed by atoms with van der Waals surface area (Å²) in [6.07, 6.45) is 0.648. The molecule has 1 amide bonds. The van der Waals surface area contributed by atoms with E-state index in [1.807, 2.05) is 47.4 Å². The van der Waals surface area contributed by atoms with Gasteiger partial charge in [-0.15, -0.1) is 0 Å². The zero-order valence-corrected chi connectivity index (χ0v) is 19.2. The fourth-order valence-corrected chi connectivity index (χ4v) is 4.60. The fourth-order valence-electron chi connectivity index (χ4n) is 4.60. The number of carboxylic acid groups (broad SMARTS) is 1. The molecule has 1 saturated heterocycles. The average Bonchev–Trinajstić information content (AvgIpc) is 3.50. The van der Waals surface area contributed by atoms with E-state index in [-0.39, 0.29) is 17.5 Å². The van der Waals surface area contributed by atoms with Crippen molar-refractivity contribution in [1.29, 1.82) is 0 Å². The number of nitrogens with one attached hydrogen (secondary N) is 2. The maximum absolute atomic E-state index is 12.9. The molecule has 0 spiro atoms.